The summed E-state index contributed by atoms with van der Waals surface area (Å²) in [6.45, 7) is 0.821. The fourth-order valence-electron chi connectivity index (χ4n) is 2.03. The number of likely N-dealkylation sites (N-methyl/N-ethyl adjacent to an activating group) is 1. The molecule has 1 fully saturated rings. The zero-order valence-corrected chi connectivity index (χ0v) is 10.7. The van der Waals surface area contributed by atoms with E-state index in [-0.39, 0.29) is 18.4 Å². The summed E-state index contributed by atoms with van der Waals surface area (Å²) in [4.78, 5) is 37.0. The Morgan fingerprint density at radius 3 is 2.67 bits per heavy atom. The molecular weight excluding hydrogens is 238 g/mol. The van der Waals surface area contributed by atoms with E-state index >= 15 is 0 Å². The highest BCUT2D eigenvalue weighted by Crippen LogP contribution is 2.18. The minimum Gasteiger partial charge on any atom is -0.468 e. The molecule has 0 aliphatic carbocycles. The molecule has 0 bridgehead atoms. The zero-order valence-electron chi connectivity index (χ0n) is 10.7. The van der Waals surface area contributed by atoms with Crippen molar-refractivity contribution in [3.63, 3.8) is 0 Å². The molecule has 1 heterocycles. The summed E-state index contributed by atoms with van der Waals surface area (Å²) < 4.78 is 4.50. The lowest BCUT2D eigenvalue weighted by Gasteiger charge is -2.32. The van der Waals surface area contributed by atoms with Gasteiger partial charge < -0.3 is 20.3 Å². The summed E-state index contributed by atoms with van der Waals surface area (Å²) in [5.41, 5.74) is 5.20. The van der Waals surface area contributed by atoms with Crippen LogP contribution in [0.3, 0.4) is 0 Å². The van der Waals surface area contributed by atoms with Crippen LogP contribution in [0.5, 0.6) is 0 Å². The molecule has 18 heavy (non-hydrogen) atoms. The molecule has 0 radical (unpaired) electrons. The molecule has 1 atom stereocenters. The molecule has 3 amide bonds. The lowest BCUT2D eigenvalue weighted by Crippen LogP contribution is -2.48. The maximum atomic E-state index is 12.1. The van der Waals surface area contributed by atoms with E-state index < -0.39 is 12.0 Å². The number of nitrogens with two attached hydrogens (primary N) is 1. The van der Waals surface area contributed by atoms with E-state index in [4.69, 9.17) is 5.73 Å². The first-order valence-corrected chi connectivity index (χ1v) is 5.82. The summed E-state index contributed by atoms with van der Waals surface area (Å²) in [6, 6.07) is -0.511. The number of likely N-dealkylation sites (tertiary alicyclic amines) is 1. The van der Waals surface area contributed by atoms with Gasteiger partial charge in [0.05, 0.1) is 13.0 Å². The van der Waals surface area contributed by atoms with Gasteiger partial charge in [-0.25, -0.2) is 4.79 Å². The smallest absolute Gasteiger partial charge is 0.325 e. The molecule has 0 aromatic carbocycles. The Morgan fingerprint density at radius 1 is 1.44 bits per heavy atom. The summed E-state index contributed by atoms with van der Waals surface area (Å²) in [7, 11) is 2.82. The maximum absolute atomic E-state index is 12.1. The third-order valence-electron chi connectivity index (χ3n) is 3.05. The number of primary amides is 1. The normalized spacial score (nSPS) is 19.2. The number of rotatable bonds is 3. The van der Waals surface area contributed by atoms with Crippen molar-refractivity contribution in [1.82, 2.24) is 9.80 Å². The molecule has 1 unspecified atom stereocenters. The molecule has 0 aromatic rings. The van der Waals surface area contributed by atoms with E-state index in [1.54, 1.807) is 7.05 Å². The van der Waals surface area contributed by atoms with Gasteiger partial charge in [0.25, 0.3) is 0 Å². The third kappa shape index (κ3) is 3.61. The van der Waals surface area contributed by atoms with Crippen molar-refractivity contribution in [3.8, 4) is 0 Å². The van der Waals surface area contributed by atoms with E-state index in [2.05, 4.69) is 4.74 Å². The van der Waals surface area contributed by atoms with Crippen molar-refractivity contribution in [2.75, 3.05) is 33.8 Å². The van der Waals surface area contributed by atoms with Gasteiger partial charge in [-0.2, -0.15) is 0 Å². The first-order chi connectivity index (χ1) is 8.45. The van der Waals surface area contributed by atoms with E-state index in [1.807, 2.05) is 0 Å². The average Bonchev–Trinajstić information content (AvgIpc) is 2.37. The topological polar surface area (TPSA) is 92.9 Å². The van der Waals surface area contributed by atoms with Gasteiger partial charge in [0.15, 0.2) is 0 Å². The highest BCUT2D eigenvalue weighted by molar-refractivity contribution is 5.84. The molecule has 0 spiro atoms. The highest BCUT2D eigenvalue weighted by Gasteiger charge is 2.29. The Labute approximate surface area is 106 Å². The summed E-state index contributed by atoms with van der Waals surface area (Å²) in [5.74, 6) is -0.916. The van der Waals surface area contributed by atoms with Gasteiger partial charge in [0, 0.05) is 20.1 Å². The largest absolute Gasteiger partial charge is 0.468 e. The molecule has 7 heteroatoms. The molecule has 0 aromatic heterocycles. The number of piperidine rings is 1. The van der Waals surface area contributed by atoms with Crippen LogP contribution in [0.4, 0.5) is 4.79 Å². The number of hydrogen-bond donors (Lipinski definition) is 1. The van der Waals surface area contributed by atoms with E-state index in [0.717, 1.165) is 6.42 Å². The van der Waals surface area contributed by atoms with Gasteiger partial charge in [-0.05, 0) is 12.8 Å². The molecule has 7 nitrogen and oxygen atoms in total. The Morgan fingerprint density at radius 2 is 2.11 bits per heavy atom. The van der Waals surface area contributed by atoms with Crippen molar-refractivity contribution in [1.29, 1.82) is 0 Å². The van der Waals surface area contributed by atoms with Gasteiger partial charge in [0.1, 0.15) is 6.54 Å². The second kappa shape index (κ2) is 6.23. The van der Waals surface area contributed by atoms with Crippen LogP contribution < -0.4 is 5.73 Å². The lowest BCUT2D eigenvalue weighted by atomic mass is 9.97. The van der Waals surface area contributed by atoms with Crippen LogP contribution in [0, 0.1) is 5.92 Å². The Bertz CT molecular complexity index is 345. The molecule has 1 rings (SSSR count). The van der Waals surface area contributed by atoms with E-state index in [0.29, 0.717) is 19.5 Å². The number of hydrogen-bond acceptors (Lipinski definition) is 4. The molecule has 2 N–H and O–H groups in total. The summed E-state index contributed by atoms with van der Waals surface area (Å²) in [6.07, 6.45) is 1.44. The standard InChI is InChI=1S/C11H19N3O4/c1-13(7-9(15)18-2)10(16)8-4-3-5-14(6-8)11(12)17/h8H,3-7H2,1-2H3,(H2,12,17). The van der Waals surface area contributed by atoms with Gasteiger partial charge in [-0.1, -0.05) is 0 Å². The van der Waals surface area contributed by atoms with Crippen LogP contribution in [0.1, 0.15) is 12.8 Å². The lowest BCUT2D eigenvalue weighted by molar-refractivity contribution is -0.148. The second-order valence-electron chi connectivity index (χ2n) is 4.39. The van der Waals surface area contributed by atoms with Crippen LogP contribution in [0.15, 0.2) is 0 Å². The zero-order chi connectivity index (χ0) is 13.7. The Hall–Kier alpha value is -1.79. The number of amides is 3. The van der Waals surface area contributed by atoms with Crippen molar-refractivity contribution in [2.45, 2.75) is 12.8 Å². The molecule has 102 valence electrons. The van der Waals surface area contributed by atoms with E-state index in [9.17, 15) is 14.4 Å². The monoisotopic (exact) mass is 257 g/mol. The SMILES string of the molecule is COC(=O)CN(C)C(=O)C1CCCN(C(N)=O)C1. The molecular formula is C11H19N3O4. The van der Waals surface area contributed by atoms with Gasteiger partial charge in [-0.3, -0.25) is 9.59 Å². The maximum Gasteiger partial charge on any atom is 0.325 e. The number of carbonyl (C=O) groups excluding carboxylic acids is 3. The molecule has 1 aliphatic heterocycles. The van der Waals surface area contributed by atoms with Crippen molar-refractivity contribution in [3.05, 3.63) is 0 Å². The minimum absolute atomic E-state index is 0.0809. The first-order valence-electron chi connectivity index (χ1n) is 5.82. The average molecular weight is 257 g/mol. The quantitative estimate of drug-likeness (QED) is 0.684. The number of ether oxygens (including phenoxy) is 1. The van der Waals surface area contributed by atoms with Crippen molar-refractivity contribution >= 4 is 17.9 Å². The fourth-order valence-corrected chi connectivity index (χ4v) is 2.03. The Kier molecular flexibility index (Phi) is 4.94. The van der Waals surface area contributed by atoms with Crippen LogP contribution in [0.2, 0.25) is 0 Å². The second-order valence-corrected chi connectivity index (χ2v) is 4.39. The molecule has 1 aliphatic rings. The highest BCUT2D eigenvalue weighted by atomic mass is 16.5. The molecule has 1 saturated heterocycles. The number of nitrogens with zero attached hydrogens (tertiary/aromatic N) is 2. The predicted molar refractivity (Wildman–Crippen MR) is 63.5 cm³/mol. The van der Waals surface area contributed by atoms with Crippen LogP contribution in [-0.4, -0.2) is 61.5 Å². The molecule has 0 saturated carbocycles. The third-order valence-corrected chi connectivity index (χ3v) is 3.05. The first kappa shape index (κ1) is 14.3. The predicted octanol–water partition coefficient (Wildman–Crippen LogP) is -0.591. The van der Waals surface area contributed by atoms with Crippen molar-refractivity contribution < 1.29 is 19.1 Å². The number of carbonyl (C=O) groups is 3. The van der Waals surface area contributed by atoms with Gasteiger partial charge >= 0.3 is 12.0 Å². The Balaban J connectivity index is 2.55. The van der Waals surface area contributed by atoms with Crippen LogP contribution in [0.25, 0.3) is 0 Å². The summed E-state index contributed by atoms with van der Waals surface area (Å²) >= 11 is 0. The van der Waals surface area contributed by atoms with Gasteiger partial charge in [0.2, 0.25) is 5.91 Å². The number of esters is 1. The number of methoxy groups -OCH3 is 1. The van der Waals surface area contributed by atoms with Crippen LogP contribution >= 0.6 is 0 Å². The van der Waals surface area contributed by atoms with Crippen molar-refractivity contribution in [2.24, 2.45) is 11.7 Å². The number of urea groups is 1. The minimum atomic E-state index is -0.511. The van der Waals surface area contributed by atoms with E-state index in [1.165, 1.54) is 16.9 Å². The van der Waals surface area contributed by atoms with Crippen LogP contribution in [-0.2, 0) is 14.3 Å². The van der Waals surface area contributed by atoms with Gasteiger partial charge in [-0.15, -0.1) is 0 Å². The fraction of sp³-hybridized carbons (Fsp3) is 0.727. The summed E-state index contributed by atoms with van der Waals surface area (Å²) in [5, 5.41) is 0.